The SMILES string of the molecule is Nc1ncc2c3cc(OS(=O)(=O)C(F)(F)F)nnc3n(C3CCCC3)c2n1.Nc1ncc2c3ccnnc3n(C3CCCC3)c2n1. The van der Waals surface area contributed by atoms with Crippen LogP contribution in [0.1, 0.15) is 63.5 Å². The van der Waals surface area contributed by atoms with Crippen molar-refractivity contribution in [2.24, 2.45) is 0 Å². The van der Waals surface area contributed by atoms with Gasteiger partial charge >= 0.3 is 15.6 Å². The molecule has 46 heavy (non-hydrogen) atoms. The van der Waals surface area contributed by atoms with Crippen molar-refractivity contribution < 1.29 is 25.8 Å². The molecule has 2 fully saturated rings. The number of alkyl halides is 3. The molecule has 0 bridgehead atoms. The second-order valence-electron chi connectivity index (χ2n) is 11.2. The number of rotatable bonds is 4. The first-order chi connectivity index (χ1) is 22.0. The number of nitrogens with two attached hydrogens (primary N) is 2. The third-order valence-electron chi connectivity index (χ3n) is 8.38. The van der Waals surface area contributed by atoms with E-state index in [9.17, 15) is 21.6 Å². The molecule has 8 rings (SSSR count). The molecule has 15 nitrogen and oxygen atoms in total. The van der Waals surface area contributed by atoms with Gasteiger partial charge < -0.3 is 24.8 Å². The van der Waals surface area contributed by atoms with Crippen molar-refractivity contribution in [3.63, 3.8) is 0 Å². The molecule has 2 aliphatic carbocycles. The van der Waals surface area contributed by atoms with Crippen molar-refractivity contribution in [3.05, 3.63) is 30.7 Å². The van der Waals surface area contributed by atoms with Crippen LogP contribution in [-0.2, 0) is 10.1 Å². The Balaban J connectivity index is 0.000000156. The molecule has 0 radical (unpaired) electrons. The Kier molecular flexibility index (Phi) is 7.21. The van der Waals surface area contributed by atoms with Gasteiger partial charge in [0.2, 0.25) is 11.9 Å². The number of halogens is 3. The van der Waals surface area contributed by atoms with E-state index in [1.807, 2.05) is 10.6 Å². The standard InChI is InChI=1S/C14H13F3N6O3S.C13H14N6/c15-14(16,17)27(24,25)26-10-5-8-9-6-19-13(18)20-11(9)23(12(8)22-21-10)7-3-1-2-4-7;14-13-15-7-10-9-5-6-16-18-12(9)19(11(10)17-13)8-3-1-2-4-8/h5-7H,1-4H2,(H2,18,19,20);5-8H,1-4H2,(H2,14,15,17). The first kappa shape index (κ1) is 29.8. The molecule has 2 saturated carbocycles. The van der Waals surface area contributed by atoms with Crippen molar-refractivity contribution in [2.45, 2.75) is 69.0 Å². The number of hydrogen-bond acceptors (Lipinski definition) is 13. The van der Waals surface area contributed by atoms with Crippen molar-refractivity contribution >= 4 is 66.1 Å². The Morgan fingerprint density at radius 2 is 1.26 bits per heavy atom. The Bertz CT molecular complexity index is 2210. The van der Waals surface area contributed by atoms with Crippen molar-refractivity contribution in [1.82, 2.24) is 49.5 Å². The summed E-state index contributed by atoms with van der Waals surface area (Å²) in [5.74, 6) is -0.446. The zero-order chi connectivity index (χ0) is 32.2. The third-order valence-corrected chi connectivity index (χ3v) is 9.34. The average Bonchev–Trinajstić information content (AvgIpc) is 3.82. The van der Waals surface area contributed by atoms with Gasteiger partial charge in [-0.05, 0) is 31.7 Å². The quantitative estimate of drug-likeness (QED) is 0.200. The molecular formula is C27H27F3N12O3S. The fourth-order valence-corrected chi connectivity index (χ4v) is 6.79. The molecule has 0 aromatic carbocycles. The maximum absolute atomic E-state index is 12.5. The molecule has 0 amide bonds. The van der Waals surface area contributed by atoms with Gasteiger partial charge in [0, 0.05) is 52.1 Å². The summed E-state index contributed by atoms with van der Waals surface area (Å²) in [5.41, 5.74) is 8.44. The van der Waals surface area contributed by atoms with E-state index >= 15 is 0 Å². The molecule has 0 aliphatic heterocycles. The number of nitrogens with zero attached hydrogens (tertiary/aromatic N) is 10. The van der Waals surface area contributed by atoms with Gasteiger partial charge in [0.15, 0.2) is 11.3 Å². The lowest BCUT2D eigenvalue weighted by Gasteiger charge is -2.13. The Hall–Kier alpha value is -4.94. The van der Waals surface area contributed by atoms with Gasteiger partial charge in [-0.15, -0.1) is 15.3 Å². The van der Waals surface area contributed by atoms with E-state index in [1.54, 1.807) is 12.4 Å². The highest BCUT2D eigenvalue weighted by atomic mass is 32.2. The summed E-state index contributed by atoms with van der Waals surface area (Å²) in [6.07, 6.45) is 13.5. The molecule has 6 heterocycles. The molecular weight excluding hydrogens is 629 g/mol. The summed E-state index contributed by atoms with van der Waals surface area (Å²) >= 11 is 0. The largest absolute Gasteiger partial charge is 0.534 e. The van der Waals surface area contributed by atoms with Gasteiger partial charge in [0.05, 0.1) is 6.20 Å². The van der Waals surface area contributed by atoms with E-state index in [1.165, 1.54) is 31.9 Å². The van der Waals surface area contributed by atoms with Crippen LogP contribution >= 0.6 is 0 Å². The molecule has 4 N–H and O–H groups in total. The predicted octanol–water partition coefficient (Wildman–Crippen LogP) is 4.37. The average molecular weight is 657 g/mol. The summed E-state index contributed by atoms with van der Waals surface area (Å²) in [4.78, 5) is 16.7. The first-order valence-corrected chi connectivity index (χ1v) is 16.0. The highest BCUT2D eigenvalue weighted by Gasteiger charge is 2.49. The van der Waals surface area contributed by atoms with Gasteiger partial charge in [-0.3, -0.25) is 0 Å². The van der Waals surface area contributed by atoms with E-state index < -0.39 is 21.5 Å². The van der Waals surface area contributed by atoms with Crippen LogP contribution in [0.3, 0.4) is 0 Å². The molecule has 6 aromatic heterocycles. The van der Waals surface area contributed by atoms with Gasteiger partial charge in [0.1, 0.15) is 11.3 Å². The van der Waals surface area contributed by atoms with Crippen LogP contribution in [0.25, 0.3) is 44.1 Å². The van der Waals surface area contributed by atoms with Gasteiger partial charge in [-0.2, -0.15) is 36.7 Å². The normalized spacial score (nSPS) is 16.5. The second-order valence-corrected chi connectivity index (χ2v) is 12.8. The van der Waals surface area contributed by atoms with Gasteiger partial charge in [-0.25, -0.2) is 9.97 Å². The van der Waals surface area contributed by atoms with Crippen LogP contribution in [0.4, 0.5) is 25.1 Å². The fraction of sp³-hybridized carbons (Fsp3) is 0.407. The molecule has 0 unspecified atom stereocenters. The van der Waals surface area contributed by atoms with Crippen molar-refractivity contribution in [1.29, 1.82) is 0 Å². The maximum Gasteiger partial charge on any atom is 0.534 e. The van der Waals surface area contributed by atoms with E-state index in [0.717, 1.165) is 53.8 Å². The predicted molar refractivity (Wildman–Crippen MR) is 161 cm³/mol. The Morgan fingerprint density at radius 3 is 1.80 bits per heavy atom. The van der Waals surface area contributed by atoms with Crippen LogP contribution < -0.4 is 15.7 Å². The number of anilines is 2. The minimum absolute atomic E-state index is 0.0358. The summed E-state index contributed by atoms with van der Waals surface area (Å²) in [7, 11) is -5.85. The molecule has 0 atom stereocenters. The minimum Gasteiger partial charge on any atom is -0.368 e. The zero-order valence-electron chi connectivity index (χ0n) is 24.1. The lowest BCUT2D eigenvalue weighted by molar-refractivity contribution is -0.0501. The summed E-state index contributed by atoms with van der Waals surface area (Å²) in [6.45, 7) is 0. The smallest absolute Gasteiger partial charge is 0.368 e. The second kappa shape index (κ2) is 11.1. The molecule has 240 valence electrons. The van der Waals surface area contributed by atoms with Crippen molar-refractivity contribution in [3.8, 4) is 5.88 Å². The van der Waals surface area contributed by atoms with Crippen LogP contribution in [0.2, 0.25) is 0 Å². The lowest BCUT2D eigenvalue weighted by atomic mass is 10.2. The van der Waals surface area contributed by atoms with E-state index in [4.69, 9.17) is 11.5 Å². The van der Waals surface area contributed by atoms with E-state index in [2.05, 4.69) is 49.1 Å². The van der Waals surface area contributed by atoms with E-state index in [-0.39, 0.29) is 12.0 Å². The lowest BCUT2D eigenvalue weighted by Crippen LogP contribution is -2.28. The van der Waals surface area contributed by atoms with Crippen LogP contribution in [0.5, 0.6) is 5.88 Å². The highest BCUT2D eigenvalue weighted by molar-refractivity contribution is 7.87. The topological polar surface area (TPSA) is 208 Å². The Labute approximate surface area is 258 Å². The molecule has 6 aromatic rings. The van der Waals surface area contributed by atoms with Crippen LogP contribution in [0, 0.1) is 0 Å². The first-order valence-electron chi connectivity index (χ1n) is 14.6. The Morgan fingerprint density at radius 1 is 0.739 bits per heavy atom. The van der Waals surface area contributed by atoms with Crippen molar-refractivity contribution in [2.75, 3.05) is 11.5 Å². The number of nitrogen functional groups attached to an aromatic ring is 2. The molecule has 2 aliphatic rings. The number of fused-ring (bicyclic) bond motifs is 6. The highest BCUT2D eigenvalue weighted by Crippen LogP contribution is 2.39. The zero-order valence-corrected chi connectivity index (χ0v) is 24.9. The maximum atomic E-state index is 12.5. The number of hydrogen-bond donors (Lipinski definition) is 2. The number of aromatic nitrogens is 10. The summed E-state index contributed by atoms with van der Waals surface area (Å²) in [6, 6.07) is 3.58. The monoisotopic (exact) mass is 656 g/mol. The minimum atomic E-state index is -5.85. The fourth-order valence-electron chi connectivity index (χ4n) is 6.39. The summed E-state index contributed by atoms with van der Waals surface area (Å²) in [5, 5.41) is 18.6. The van der Waals surface area contributed by atoms with Crippen LogP contribution in [-0.4, -0.2) is 63.4 Å². The molecule has 0 saturated heterocycles. The third kappa shape index (κ3) is 5.13. The van der Waals surface area contributed by atoms with Crippen LogP contribution in [0.15, 0.2) is 30.7 Å². The van der Waals surface area contributed by atoms with E-state index in [0.29, 0.717) is 34.1 Å². The van der Waals surface area contributed by atoms with Gasteiger partial charge in [-0.1, -0.05) is 25.7 Å². The molecule has 19 heteroatoms. The summed E-state index contributed by atoms with van der Waals surface area (Å²) < 4.78 is 68.2. The molecule has 0 spiro atoms. The van der Waals surface area contributed by atoms with Gasteiger partial charge in [0.25, 0.3) is 5.88 Å².